The van der Waals surface area contributed by atoms with Gasteiger partial charge in [-0.3, -0.25) is 14.5 Å². The molecule has 7 heteroatoms. The number of urea groups is 1. The third kappa shape index (κ3) is 4.82. The lowest BCUT2D eigenvalue weighted by Crippen LogP contribution is -2.35. The highest BCUT2D eigenvalue weighted by Gasteiger charge is 2.37. The Hall–Kier alpha value is -2.41. The minimum atomic E-state index is -0.351. The van der Waals surface area contributed by atoms with Crippen LogP contribution in [0.5, 0.6) is 0 Å². The molecule has 1 aromatic carbocycles. The summed E-state index contributed by atoms with van der Waals surface area (Å²) in [5.74, 6) is -0.618. The molecule has 4 amide bonds. The Labute approximate surface area is 154 Å². The molecule has 0 fully saturated rings. The molecule has 1 aliphatic heterocycles. The molecule has 7 nitrogen and oxygen atoms in total. The van der Waals surface area contributed by atoms with Gasteiger partial charge in [0, 0.05) is 31.5 Å². The van der Waals surface area contributed by atoms with E-state index in [9.17, 15) is 14.4 Å². The Bertz CT molecular complexity index is 673. The van der Waals surface area contributed by atoms with Gasteiger partial charge in [0.15, 0.2) is 0 Å². The van der Waals surface area contributed by atoms with Gasteiger partial charge in [-0.15, -0.1) is 0 Å². The number of carbonyl (C=O) groups is 3. The molecule has 0 unspecified atom stereocenters. The van der Waals surface area contributed by atoms with E-state index in [0.717, 1.165) is 25.9 Å². The minimum Gasteiger partial charge on any atom is -0.381 e. The summed E-state index contributed by atoms with van der Waals surface area (Å²) in [6.45, 7) is 7.55. The van der Waals surface area contributed by atoms with Crippen molar-refractivity contribution in [1.29, 1.82) is 0 Å². The lowest BCUT2D eigenvalue weighted by atomic mass is 10.1. The van der Waals surface area contributed by atoms with Crippen LogP contribution < -0.4 is 10.6 Å². The van der Waals surface area contributed by atoms with Crippen molar-refractivity contribution in [1.82, 2.24) is 10.2 Å². The summed E-state index contributed by atoms with van der Waals surface area (Å²) in [6.07, 6.45) is 2.88. The van der Waals surface area contributed by atoms with Crippen LogP contribution in [0.2, 0.25) is 0 Å². The van der Waals surface area contributed by atoms with Crippen molar-refractivity contribution in [2.45, 2.75) is 46.1 Å². The normalized spacial score (nSPS) is 13.3. The second kappa shape index (κ2) is 9.33. The summed E-state index contributed by atoms with van der Waals surface area (Å²) in [5, 5.41) is 5.43. The van der Waals surface area contributed by atoms with E-state index in [2.05, 4.69) is 17.6 Å². The molecule has 26 heavy (non-hydrogen) atoms. The van der Waals surface area contributed by atoms with Gasteiger partial charge >= 0.3 is 6.03 Å². The van der Waals surface area contributed by atoms with Crippen molar-refractivity contribution in [3.63, 3.8) is 0 Å². The molecular weight excluding hydrogens is 334 g/mol. The zero-order valence-electron chi connectivity index (χ0n) is 15.6. The number of hydrogen-bond acceptors (Lipinski definition) is 4. The Balaban J connectivity index is 1.84. The molecule has 1 aromatic rings. The van der Waals surface area contributed by atoms with Crippen LogP contribution in [0, 0.1) is 0 Å². The molecule has 0 bridgehead atoms. The first-order valence-corrected chi connectivity index (χ1v) is 9.10. The van der Waals surface area contributed by atoms with Crippen molar-refractivity contribution in [2.24, 2.45) is 0 Å². The molecule has 2 N–H and O–H groups in total. The number of rotatable bonds is 9. The molecule has 0 atom stereocenters. The van der Waals surface area contributed by atoms with Gasteiger partial charge in [0.25, 0.3) is 11.8 Å². The van der Waals surface area contributed by atoms with Crippen LogP contribution in [-0.4, -0.2) is 48.5 Å². The predicted molar refractivity (Wildman–Crippen MR) is 99.4 cm³/mol. The van der Waals surface area contributed by atoms with Gasteiger partial charge in [-0.05, 0) is 44.9 Å². The zero-order chi connectivity index (χ0) is 19.1. The lowest BCUT2D eigenvalue weighted by molar-refractivity contribution is 0.0609. The number of imide groups is 1. The molecule has 0 aliphatic carbocycles. The lowest BCUT2D eigenvalue weighted by Gasteiger charge is -2.17. The third-order valence-corrected chi connectivity index (χ3v) is 4.09. The summed E-state index contributed by atoms with van der Waals surface area (Å²) in [6, 6.07) is 4.19. The number of unbranched alkanes of at least 4 members (excludes halogenated alkanes) is 1. The van der Waals surface area contributed by atoms with Crippen LogP contribution in [0.4, 0.5) is 10.5 Å². The first kappa shape index (κ1) is 19.9. The van der Waals surface area contributed by atoms with Gasteiger partial charge < -0.3 is 15.4 Å². The largest absolute Gasteiger partial charge is 0.381 e. The maximum atomic E-state index is 12.4. The van der Waals surface area contributed by atoms with Gasteiger partial charge in [0.2, 0.25) is 0 Å². The number of carbonyl (C=O) groups excluding carboxylic acids is 3. The number of ether oxygens (including phenoxy) is 1. The van der Waals surface area contributed by atoms with Crippen LogP contribution in [0.1, 0.15) is 60.7 Å². The summed E-state index contributed by atoms with van der Waals surface area (Å²) in [5.41, 5.74) is 1.18. The molecular formula is C19H27N3O4. The van der Waals surface area contributed by atoms with Gasteiger partial charge in [-0.25, -0.2) is 4.79 Å². The molecule has 0 saturated heterocycles. The molecule has 1 aliphatic rings. The van der Waals surface area contributed by atoms with Crippen molar-refractivity contribution >= 4 is 23.5 Å². The summed E-state index contributed by atoms with van der Waals surface area (Å²) < 4.78 is 5.43. The Morgan fingerprint density at radius 3 is 2.50 bits per heavy atom. The Kier molecular flexibility index (Phi) is 7.15. The first-order chi connectivity index (χ1) is 12.5. The van der Waals surface area contributed by atoms with Crippen LogP contribution >= 0.6 is 0 Å². The van der Waals surface area contributed by atoms with Crippen LogP contribution in [-0.2, 0) is 4.74 Å². The highest BCUT2D eigenvalue weighted by molar-refractivity contribution is 6.22. The minimum absolute atomic E-state index is 0.207. The van der Waals surface area contributed by atoms with E-state index in [-0.39, 0.29) is 23.9 Å². The van der Waals surface area contributed by atoms with E-state index in [0.29, 0.717) is 30.0 Å². The van der Waals surface area contributed by atoms with Crippen molar-refractivity contribution in [2.75, 3.05) is 25.1 Å². The Morgan fingerprint density at radius 2 is 1.81 bits per heavy atom. The monoisotopic (exact) mass is 361 g/mol. The number of hydrogen-bond donors (Lipinski definition) is 2. The number of nitrogens with zero attached hydrogens (tertiary/aromatic N) is 1. The first-order valence-electron chi connectivity index (χ1n) is 9.10. The van der Waals surface area contributed by atoms with E-state index in [4.69, 9.17) is 4.74 Å². The molecule has 142 valence electrons. The second-order valence-corrected chi connectivity index (χ2v) is 6.53. The van der Waals surface area contributed by atoms with Gasteiger partial charge in [-0.1, -0.05) is 13.3 Å². The molecule has 2 rings (SSSR count). The van der Waals surface area contributed by atoms with E-state index in [1.165, 1.54) is 4.90 Å². The Morgan fingerprint density at radius 1 is 1.12 bits per heavy atom. The van der Waals surface area contributed by atoms with Crippen LogP contribution in [0.3, 0.4) is 0 Å². The summed E-state index contributed by atoms with van der Waals surface area (Å²) in [4.78, 5) is 37.8. The average Bonchev–Trinajstić information content (AvgIpc) is 2.84. The second-order valence-electron chi connectivity index (χ2n) is 6.53. The van der Waals surface area contributed by atoms with E-state index >= 15 is 0 Å². The van der Waals surface area contributed by atoms with Crippen molar-refractivity contribution < 1.29 is 19.1 Å². The maximum Gasteiger partial charge on any atom is 0.319 e. The smallest absolute Gasteiger partial charge is 0.319 e. The van der Waals surface area contributed by atoms with E-state index in [1.54, 1.807) is 32.0 Å². The number of benzene rings is 1. The summed E-state index contributed by atoms with van der Waals surface area (Å²) in [7, 11) is 0. The predicted octanol–water partition coefficient (Wildman–Crippen LogP) is 3.02. The molecule has 1 heterocycles. The highest BCUT2D eigenvalue weighted by Crippen LogP contribution is 2.27. The SMILES string of the molecule is CCCCOCCCNC(=O)Nc1ccc2c(c1)C(=O)N(C(C)C)C2=O. The maximum absolute atomic E-state index is 12.4. The van der Waals surface area contributed by atoms with E-state index < -0.39 is 0 Å². The number of nitrogens with one attached hydrogen (secondary N) is 2. The fourth-order valence-electron chi connectivity index (χ4n) is 2.71. The standard InChI is InChI=1S/C19H27N3O4/c1-4-5-10-26-11-6-9-20-19(25)21-14-7-8-15-16(12-14)18(24)22(13(2)3)17(15)23/h7-8,12-13H,4-6,9-11H2,1-3H3,(H2,20,21,25). The van der Waals surface area contributed by atoms with Crippen LogP contribution in [0.15, 0.2) is 18.2 Å². The molecule has 0 saturated carbocycles. The summed E-state index contributed by atoms with van der Waals surface area (Å²) >= 11 is 0. The molecule has 0 radical (unpaired) electrons. The fourth-order valence-corrected chi connectivity index (χ4v) is 2.71. The van der Waals surface area contributed by atoms with Crippen molar-refractivity contribution in [3.8, 4) is 0 Å². The number of fused-ring (bicyclic) bond motifs is 1. The number of amides is 4. The van der Waals surface area contributed by atoms with E-state index in [1.807, 2.05) is 0 Å². The molecule has 0 spiro atoms. The van der Waals surface area contributed by atoms with Crippen LogP contribution in [0.25, 0.3) is 0 Å². The van der Waals surface area contributed by atoms with Gasteiger partial charge in [0.05, 0.1) is 11.1 Å². The number of anilines is 1. The fraction of sp³-hybridized carbons (Fsp3) is 0.526. The van der Waals surface area contributed by atoms with Gasteiger partial charge in [-0.2, -0.15) is 0 Å². The molecule has 0 aromatic heterocycles. The topological polar surface area (TPSA) is 87.7 Å². The zero-order valence-corrected chi connectivity index (χ0v) is 15.6. The average molecular weight is 361 g/mol. The third-order valence-electron chi connectivity index (χ3n) is 4.09. The highest BCUT2D eigenvalue weighted by atomic mass is 16.5. The van der Waals surface area contributed by atoms with Gasteiger partial charge in [0.1, 0.15) is 0 Å². The van der Waals surface area contributed by atoms with Crippen molar-refractivity contribution in [3.05, 3.63) is 29.3 Å². The quantitative estimate of drug-likeness (QED) is 0.523.